The number of rotatable bonds is 3. The molecule has 0 radical (unpaired) electrons. The summed E-state index contributed by atoms with van der Waals surface area (Å²) in [6.45, 7) is 2.92. The van der Waals surface area contributed by atoms with Crippen LogP contribution in [0.25, 0.3) is 0 Å². The highest BCUT2D eigenvalue weighted by atomic mass is 79.9. The minimum absolute atomic E-state index is 0.126. The first-order valence-corrected chi connectivity index (χ1v) is 8.47. The Morgan fingerprint density at radius 3 is 3.11 bits per heavy atom. The first-order chi connectivity index (χ1) is 9.20. The van der Waals surface area contributed by atoms with Gasteiger partial charge in [0.15, 0.2) is 0 Å². The molecule has 1 aliphatic rings. The van der Waals surface area contributed by atoms with E-state index in [9.17, 15) is 0 Å². The molecule has 2 heterocycles. The van der Waals surface area contributed by atoms with Crippen LogP contribution in [0, 0.1) is 0 Å². The van der Waals surface area contributed by atoms with Gasteiger partial charge in [0.1, 0.15) is 5.75 Å². The predicted octanol–water partition coefficient (Wildman–Crippen LogP) is 5.34. The molecule has 0 fully saturated rings. The molecular formula is C15H14BrClOS. The van der Waals surface area contributed by atoms with Gasteiger partial charge in [0.2, 0.25) is 0 Å². The van der Waals surface area contributed by atoms with Gasteiger partial charge >= 0.3 is 0 Å². The smallest absolute Gasteiger partial charge is 0.127 e. The number of hydrogen-bond donors (Lipinski definition) is 0. The van der Waals surface area contributed by atoms with Crippen LogP contribution in [-0.2, 0) is 12.8 Å². The van der Waals surface area contributed by atoms with Crippen LogP contribution in [0.2, 0.25) is 0 Å². The van der Waals surface area contributed by atoms with Crippen LogP contribution in [0.3, 0.4) is 0 Å². The lowest BCUT2D eigenvalue weighted by atomic mass is 10.0. The summed E-state index contributed by atoms with van der Waals surface area (Å²) in [6.07, 6.45) is 1.98. The Balaban J connectivity index is 2.07. The Morgan fingerprint density at radius 1 is 1.47 bits per heavy atom. The van der Waals surface area contributed by atoms with Gasteiger partial charge in [-0.05, 0) is 41.1 Å². The maximum absolute atomic E-state index is 6.72. The number of hydrogen-bond acceptors (Lipinski definition) is 2. The fourth-order valence-electron chi connectivity index (χ4n) is 2.49. The van der Waals surface area contributed by atoms with Crippen molar-refractivity contribution >= 4 is 38.9 Å². The first-order valence-electron chi connectivity index (χ1n) is 6.36. The summed E-state index contributed by atoms with van der Waals surface area (Å²) in [7, 11) is 0. The van der Waals surface area contributed by atoms with Crippen molar-refractivity contribution in [2.75, 3.05) is 6.61 Å². The minimum atomic E-state index is -0.126. The molecule has 0 N–H and O–H groups in total. The molecule has 19 heavy (non-hydrogen) atoms. The normalized spacial score (nSPS) is 15.1. The Morgan fingerprint density at radius 2 is 2.32 bits per heavy atom. The van der Waals surface area contributed by atoms with E-state index in [0.717, 1.165) is 35.2 Å². The van der Waals surface area contributed by atoms with Gasteiger partial charge in [0.05, 0.1) is 12.0 Å². The second-order valence-corrected chi connectivity index (χ2v) is 6.91. The molecular weight excluding hydrogens is 344 g/mol. The Kier molecular flexibility index (Phi) is 3.88. The van der Waals surface area contributed by atoms with Crippen LogP contribution < -0.4 is 4.74 Å². The Labute approximate surface area is 130 Å². The summed E-state index contributed by atoms with van der Waals surface area (Å²) in [4.78, 5) is 1.24. The zero-order chi connectivity index (χ0) is 13.4. The molecule has 100 valence electrons. The van der Waals surface area contributed by atoms with Gasteiger partial charge in [-0.25, -0.2) is 0 Å². The summed E-state index contributed by atoms with van der Waals surface area (Å²) in [6, 6.07) is 6.38. The average Bonchev–Trinajstić information content (AvgIpc) is 3.04. The van der Waals surface area contributed by atoms with Crippen LogP contribution in [-0.4, -0.2) is 6.61 Å². The first kappa shape index (κ1) is 13.5. The number of thiophene rings is 1. The quantitative estimate of drug-likeness (QED) is 0.674. The monoisotopic (exact) mass is 356 g/mol. The van der Waals surface area contributed by atoms with E-state index in [-0.39, 0.29) is 5.38 Å². The van der Waals surface area contributed by atoms with E-state index < -0.39 is 0 Å². The number of ether oxygens (including phenoxy) is 1. The summed E-state index contributed by atoms with van der Waals surface area (Å²) < 4.78 is 6.85. The molecule has 0 aliphatic carbocycles. The second kappa shape index (κ2) is 5.47. The van der Waals surface area contributed by atoms with Gasteiger partial charge in [-0.3, -0.25) is 0 Å². The summed E-state index contributed by atoms with van der Waals surface area (Å²) in [5, 5.41) is 1.99. The third-order valence-corrected chi connectivity index (χ3v) is 5.51. The van der Waals surface area contributed by atoms with Crippen molar-refractivity contribution in [3.05, 3.63) is 49.6 Å². The Bertz CT molecular complexity index is 608. The molecule has 0 saturated carbocycles. The molecule has 1 atom stereocenters. The number of halogens is 2. The summed E-state index contributed by atoms with van der Waals surface area (Å²) in [5.74, 6) is 0.985. The predicted molar refractivity (Wildman–Crippen MR) is 84.7 cm³/mol. The van der Waals surface area contributed by atoms with Crippen molar-refractivity contribution in [2.24, 2.45) is 0 Å². The highest BCUT2D eigenvalue weighted by molar-refractivity contribution is 9.10. The number of aryl methyl sites for hydroxylation is 1. The van der Waals surface area contributed by atoms with E-state index in [1.165, 1.54) is 16.0 Å². The molecule has 1 unspecified atom stereocenters. The summed E-state index contributed by atoms with van der Waals surface area (Å²) in [5.41, 5.74) is 3.67. The zero-order valence-corrected chi connectivity index (χ0v) is 13.7. The van der Waals surface area contributed by atoms with Crippen molar-refractivity contribution in [1.82, 2.24) is 0 Å². The van der Waals surface area contributed by atoms with Crippen LogP contribution in [0.5, 0.6) is 5.75 Å². The molecule has 1 nitrogen and oxygen atoms in total. The lowest BCUT2D eigenvalue weighted by Gasteiger charge is -2.15. The highest BCUT2D eigenvalue weighted by Gasteiger charge is 2.25. The molecule has 2 aromatic rings. The van der Waals surface area contributed by atoms with Gasteiger partial charge in [-0.15, -0.1) is 22.9 Å². The number of benzene rings is 1. The molecule has 1 aliphatic heterocycles. The number of fused-ring (bicyclic) bond motifs is 1. The fraction of sp³-hybridized carbons (Fsp3) is 0.333. The van der Waals surface area contributed by atoms with Crippen molar-refractivity contribution in [3.8, 4) is 5.75 Å². The van der Waals surface area contributed by atoms with E-state index in [4.69, 9.17) is 16.3 Å². The van der Waals surface area contributed by atoms with E-state index in [0.29, 0.717) is 0 Å². The van der Waals surface area contributed by atoms with E-state index in [1.807, 2.05) is 0 Å². The lowest BCUT2D eigenvalue weighted by molar-refractivity contribution is 0.353. The third kappa shape index (κ3) is 2.44. The molecule has 0 saturated heterocycles. The van der Waals surface area contributed by atoms with E-state index in [1.54, 1.807) is 11.3 Å². The molecule has 3 rings (SSSR count). The topological polar surface area (TPSA) is 9.23 Å². The van der Waals surface area contributed by atoms with Crippen LogP contribution in [0.15, 0.2) is 28.1 Å². The van der Waals surface area contributed by atoms with Crippen molar-refractivity contribution in [2.45, 2.75) is 25.1 Å². The van der Waals surface area contributed by atoms with Gasteiger partial charge in [-0.2, -0.15) is 0 Å². The third-order valence-electron chi connectivity index (χ3n) is 3.44. The SMILES string of the molecule is CCc1ccsc1C(Cl)c1cc(Br)cc2c1OCC2. The maximum atomic E-state index is 6.72. The van der Waals surface area contributed by atoms with Gasteiger partial charge < -0.3 is 4.74 Å². The molecule has 0 spiro atoms. The average molecular weight is 358 g/mol. The molecule has 1 aromatic heterocycles. The largest absolute Gasteiger partial charge is 0.493 e. The summed E-state index contributed by atoms with van der Waals surface area (Å²) >= 11 is 12.0. The zero-order valence-electron chi connectivity index (χ0n) is 10.6. The van der Waals surface area contributed by atoms with Crippen LogP contribution in [0.1, 0.15) is 33.9 Å². The molecule has 4 heteroatoms. The van der Waals surface area contributed by atoms with Crippen molar-refractivity contribution in [3.63, 3.8) is 0 Å². The van der Waals surface area contributed by atoms with Gasteiger partial charge in [0, 0.05) is 21.3 Å². The Hall–Kier alpha value is -0.510. The lowest BCUT2D eigenvalue weighted by Crippen LogP contribution is -1.98. The fourth-order valence-corrected chi connectivity index (χ4v) is 4.46. The van der Waals surface area contributed by atoms with Crippen LogP contribution >= 0.6 is 38.9 Å². The molecule has 0 bridgehead atoms. The standard InChI is InChI=1S/C15H14BrClOS/c1-2-9-4-6-19-15(9)13(17)12-8-11(16)7-10-3-5-18-14(10)12/h4,6-8,13H,2-3,5H2,1H3. The van der Waals surface area contributed by atoms with Gasteiger partial charge in [0.25, 0.3) is 0 Å². The molecule has 1 aromatic carbocycles. The number of alkyl halides is 1. The van der Waals surface area contributed by atoms with Crippen molar-refractivity contribution < 1.29 is 4.74 Å². The van der Waals surface area contributed by atoms with E-state index >= 15 is 0 Å². The van der Waals surface area contributed by atoms with Crippen molar-refractivity contribution in [1.29, 1.82) is 0 Å². The van der Waals surface area contributed by atoms with Gasteiger partial charge in [-0.1, -0.05) is 22.9 Å². The minimum Gasteiger partial charge on any atom is -0.493 e. The highest BCUT2D eigenvalue weighted by Crippen LogP contribution is 2.43. The molecule has 0 amide bonds. The second-order valence-electron chi connectivity index (χ2n) is 4.61. The maximum Gasteiger partial charge on any atom is 0.127 e. The van der Waals surface area contributed by atoms with E-state index in [2.05, 4.69) is 46.4 Å². The van der Waals surface area contributed by atoms with Crippen LogP contribution in [0.4, 0.5) is 0 Å².